The number of ether oxygens (including phenoxy) is 2. The van der Waals surface area contributed by atoms with E-state index in [-0.39, 0.29) is 5.56 Å². The van der Waals surface area contributed by atoms with Crippen LogP contribution in [0.3, 0.4) is 0 Å². The van der Waals surface area contributed by atoms with Crippen molar-refractivity contribution >= 4 is 5.97 Å². The number of unbranched alkanes of at least 4 members (excludes halogenated alkanes) is 12. The van der Waals surface area contributed by atoms with E-state index in [1.165, 1.54) is 70.6 Å². The molecule has 0 fully saturated rings. The van der Waals surface area contributed by atoms with Gasteiger partial charge in [0.1, 0.15) is 36.8 Å². The lowest BCUT2D eigenvalue weighted by molar-refractivity contribution is -0.124. The van der Waals surface area contributed by atoms with Gasteiger partial charge in [-0.1, -0.05) is 84.0 Å². The Morgan fingerprint density at radius 3 is 1.69 bits per heavy atom. The lowest BCUT2D eigenvalue weighted by atomic mass is 10.0. The number of rotatable bonds is 22. The molecule has 8 nitrogen and oxygen atoms in total. The minimum absolute atomic E-state index is 0.251. The van der Waals surface area contributed by atoms with Gasteiger partial charge < -0.3 is 35.0 Å². The molecule has 0 radical (unpaired) electrons. The standard InChI is InChI=1S/C28H48O8/c1-2-3-4-5-6-7-8-9-10-11-12-13-14-19-35-23-17-15-22(16-18-23)28(34)36-21-25(31)27(33)26(32)24(30)20-29/h15-18,24-27,29-33H,2-14,19-21H2,1H3/t24-,25+,26+,27+/m0/s1. The Morgan fingerprint density at radius 1 is 0.722 bits per heavy atom. The Hall–Kier alpha value is -1.71. The van der Waals surface area contributed by atoms with Gasteiger partial charge in [0, 0.05) is 0 Å². The Kier molecular flexibility index (Phi) is 18.3. The summed E-state index contributed by atoms with van der Waals surface area (Å²) in [6.45, 7) is 1.51. The molecular formula is C28H48O8. The molecule has 5 N–H and O–H groups in total. The van der Waals surface area contributed by atoms with E-state index < -0.39 is 43.6 Å². The number of benzene rings is 1. The second-order valence-electron chi connectivity index (χ2n) is 9.51. The minimum Gasteiger partial charge on any atom is -0.494 e. The van der Waals surface area contributed by atoms with Crippen LogP contribution in [0, 0.1) is 0 Å². The van der Waals surface area contributed by atoms with Crippen LogP contribution in [0.5, 0.6) is 5.75 Å². The number of carbonyl (C=O) groups is 1. The lowest BCUT2D eigenvalue weighted by Gasteiger charge is -2.25. The molecule has 0 aliphatic heterocycles. The molecule has 0 unspecified atom stereocenters. The SMILES string of the molecule is CCCCCCCCCCCCCCCOc1ccc(C(=O)OC[C@@H](O)[C@@H](O)[C@H](O)[C@@H](O)CO)cc1. The first kappa shape index (κ1) is 32.3. The fraction of sp³-hybridized carbons (Fsp3) is 0.750. The van der Waals surface area contributed by atoms with Gasteiger partial charge in [0.25, 0.3) is 0 Å². The number of aliphatic hydroxyl groups is 5. The first-order chi connectivity index (χ1) is 17.4. The van der Waals surface area contributed by atoms with Crippen molar-refractivity contribution in [1.82, 2.24) is 0 Å². The summed E-state index contributed by atoms with van der Waals surface area (Å²) in [7, 11) is 0. The molecule has 0 saturated heterocycles. The summed E-state index contributed by atoms with van der Waals surface area (Å²) in [5, 5.41) is 47.3. The largest absolute Gasteiger partial charge is 0.494 e. The van der Waals surface area contributed by atoms with E-state index >= 15 is 0 Å². The maximum atomic E-state index is 12.1. The summed E-state index contributed by atoms with van der Waals surface area (Å²) < 4.78 is 10.7. The van der Waals surface area contributed by atoms with Gasteiger partial charge in [-0.15, -0.1) is 0 Å². The molecule has 0 bridgehead atoms. The van der Waals surface area contributed by atoms with E-state index in [0.29, 0.717) is 12.4 Å². The second-order valence-corrected chi connectivity index (χ2v) is 9.51. The molecule has 0 amide bonds. The fourth-order valence-corrected chi connectivity index (χ4v) is 3.90. The van der Waals surface area contributed by atoms with Crippen LogP contribution in [0.1, 0.15) is 101 Å². The topological polar surface area (TPSA) is 137 Å². The van der Waals surface area contributed by atoms with Crippen molar-refractivity contribution in [2.45, 2.75) is 115 Å². The maximum absolute atomic E-state index is 12.1. The van der Waals surface area contributed by atoms with Crippen molar-refractivity contribution in [2.24, 2.45) is 0 Å². The molecule has 0 aliphatic carbocycles. The van der Waals surface area contributed by atoms with Crippen molar-refractivity contribution in [3.8, 4) is 5.75 Å². The van der Waals surface area contributed by atoms with Crippen molar-refractivity contribution in [3.05, 3.63) is 29.8 Å². The number of esters is 1. The average Bonchev–Trinajstić information content (AvgIpc) is 2.90. The van der Waals surface area contributed by atoms with Crippen LogP contribution in [-0.2, 0) is 4.74 Å². The highest BCUT2D eigenvalue weighted by Crippen LogP contribution is 2.16. The van der Waals surface area contributed by atoms with Gasteiger partial charge in [-0.2, -0.15) is 0 Å². The number of hydrogen-bond acceptors (Lipinski definition) is 8. The van der Waals surface area contributed by atoms with Crippen molar-refractivity contribution in [3.63, 3.8) is 0 Å². The van der Waals surface area contributed by atoms with Crippen molar-refractivity contribution in [2.75, 3.05) is 19.8 Å². The van der Waals surface area contributed by atoms with Crippen LogP contribution in [0.2, 0.25) is 0 Å². The summed E-state index contributed by atoms with van der Waals surface area (Å²) in [5.74, 6) is -0.0523. The van der Waals surface area contributed by atoms with Crippen molar-refractivity contribution in [1.29, 1.82) is 0 Å². The average molecular weight is 513 g/mol. The molecule has 36 heavy (non-hydrogen) atoms. The predicted octanol–water partition coefficient (Wildman–Crippen LogP) is 3.75. The zero-order chi connectivity index (χ0) is 26.6. The van der Waals surface area contributed by atoms with Gasteiger partial charge in [-0.25, -0.2) is 4.79 Å². The van der Waals surface area contributed by atoms with Crippen LogP contribution in [0.4, 0.5) is 0 Å². The molecule has 4 atom stereocenters. The fourth-order valence-electron chi connectivity index (χ4n) is 3.90. The van der Waals surface area contributed by atoms with Crippen LogP contribution in [0.25, 0.3) is 0 Å². The highest BCUT2D eigenvalue weighted by atomic mass is 16.5. The molecule has 0 saturated carbocycles. The summed E-state index contributed by atoms with van der Waals surface area (Å²) >= 11 is 0. The first-order valence-electron chi connectivity index (χ1n) is 13.6. The van der Waals surface area contributed by atoms with E-state index in [1.807, 2.05) is 0 Å². The van der Waals surface area contributed by atoms with E-state index in [2.05, 4.69) is 6.92 Å². The van der Waals surface area contributed by atoms with E-state index in [4.69, 9.17) is 14.6 Å². The van der Waals surface area contributed by atoms with Gasteiger partial charge in [0.2, 0.25) is 0 Å². The normalized spacial score (nSPS) is 14.7. The third kappa shape index (κ3) is 14.1. The van der Waals surface area contributed by atoms with E-state index in [9.17, 15) is 25.2 Å². The van der Waals surface area contributed by atoms with Gasteiger partial charge in [0.15, 0.2) is 0 Å². The van der Waals surface area contributed by atoms with Gasteiger partial charge in [-0.05, 0) is 30.7 Å². The van der Waals surface area contributed by atoms with Gasteiger partial charge >= 0.3 is 5.97 Å². The molecule has 1 aromatic rings. The second kappa shape index (κ2) is 20.4. The van der Waals surface area contributed by atoms with E-state index in [0.717, 1.165) is 12.8 Å². The van der Waals surface area contributed by atoms with Crippen LogP contribution < -0.4 is 4.74 Å². The summed E-state index contributed by atoms with van der Waals surface area (Å²) in [6, 6.07) is 6.44. The molecule has 1 rings (SSSR count). The Balaban J connectivity index is 2.11. The zero-order valence-electron chi connectivity index (χ0n) is 21.9. The van der Waals surface area contributed by atoms with E-state index in [1.54, 1.807) is 24.3 Å². The highest BCUT2D eigenvalue weighted by Gasteiger charge is 2.30. The summed E-state index contributed by atoms with van der Waals surface area (Å²) in [4.78, 5) is 12.1. The lowest BCUT2D eigenvalue weighted by Crippen LogP contribution is -2.47. The smallest absolute Gasteiger partial charge is 0.338 e. The Bertz CT molecular complexity index is 666. The molecule has 0 spiro atoms. The Morgan fingerprint density at radius 2 is 1.19 bits per heavy atom. The first-order valence-corrected chi connectivity index (χ1v) is 13.6. The third-order valence-corrected chi connectivity index (χ3v) is 6.32. The monoisotopic (exact) mass is 512 g/mol. The predicted molar refractivity (Wildman–Crippen MR) is 139 cm³/mol. The molecule has 0 heterocycles. The van der Waals surface area contributed by atoms with Crippen LogP contribution >= 0.6 is 0 Å². The third-order valence-electron chi connectivity index (χ3n) is 6.32. The highest BCUT2D eigenvalue weighted by molar-refractivity contribution is 5.89. The molecule has 208 valence electrons. The molecule has 0 aromatic heterocycles. The summed E-state index contributed by atoms with van der Waals surface area (Å²) in [6.07, 6.45) is 10.1. The molecule has 8 heteroatoms. The molecule has 1 aromatic carbocycles. The van der Waals surface area contributed by atoms with Crippen molar-refractivity contribution < 1.29 is 39.8 Å². The van der Waals surface area contributed by atoms with Crippen LogP contribution in [0.15, 0.2) is 24.3 Å². The van der Waals surface area contributed by atoms with Gasteiger partial charge in [0.05, 0.1) is 18.8 Å². The molecular weight excluding hydrogens is 464 g/mol. The quantitative estimate of drug-likeness (QED) is 0.117. The number of carbonyl (C=O) groups excluding carboxylic acids is 1. The number of hydrogen-bond donors (Lipinski definition) is 5. The summed E-state index contributed by atoms with van der Waals surface area (Å²) in [5.41, 5.74) is 0.251. The Labute approximate surface area is 216 Å². The zero-order valence-corrected chi connectivity index (χ0v) is 21.9. The maximum Gasteiger partial charge on any atom is 0.338 e. The number of aliphatic hydroxyl groups excluding tert-OH is 5. The molecule has 0 aliphatic rings. The van der Waals surface area contributed by atoms with Crippen LogP contribution in [-0.4, -0.2) is 75.7 Å². The van der Waals surface area contributed by atoms with Gasteiger partial charge in [-0.3, -0.25) is 0 Å². The minimum atomic E-state index is -1.78.